The number of carbonyl (C=O) groups excluding carboxylic acids is 1. The van der Waals surface area contributed by atoms with Crippen LogP contribution in [0, 0.1) is 12.3 Å². The van der Waals surface area contributed by atoms with E-state index >= 15 is 0 Å². The summed E-state index contributed by atoms with van der Waals surface area (Å²) in [7, 11) is 0. The largest absolute Gasteiger partial charge is 0.481 e. The van der Waals surface area contributed by atoms with E-state index in [9.17, 15) is 9.59 Å². The van der Waals surface area contributed by atoms with Crippen molar-refractivity contribution >= 4 is 17.7 Å². The Morgan fingerprint density at radius 2 is 2.00 bits per heavy atom. The maximum atomic E-state index is 11.8. The van der Waals surface area contributed by atoms with Crippen molar-refractivity contribution in [3.63, 3.8) is 0 Å². The lowest BCUT2D eigenvalue weighted by atomic mass is 10.1. The molecule has 1 rings (SSSR count). The van der Waals surface area contributed by atoms with E-state index in [0.29, 0.717) is 12.1 Å². The van der Waals surface area contributed by atoms with Crippen molar-refractivity contribution in [1.82, 2.24) is 5.32 Å². The lowest BCUT2D eigenvalue weighted by Gasteiger charge is -2.13. The molecule has 112 valence electrons. The Bertz CT molecular complexity index is 517. The zero-order valence-corrected chi connectivity index (χ0v) is 12.1. The second-order valence-corrected chi connectivity index (χ2v) is 4.70. The number of anilines is 1. The van der Waals surface area contributed by atoms with Gasteiger partial charge in [0.1, 0.15) is 0 Å². The van der Waals surface area contributed by atoms with Crippen molar-refractivity contribution in [3.8, 4) is 12.3 Å². The molecule has 1 aromatic rings. The van der Waals surface area contributed by atoms with Gasteiger partial charge in [-0.3, -0.25) is 4.79 Å². The van der Waals surface area contributed by atoms with Crippen molar-refractivity contribution in [3.05, 3.63) is 29.8 Å². The van der Waals surface area contributed by atoms with Crippen LogP contribution >= 0.6 is 0 Å². The fourth-order valence-electron chi connectivity index (χ4n) is 1.82. The van der Waals surface area contributed by atoms with Crippen LogP contribution < -0.4 is 10.6 Å². The predicted octanol–water partition coefficient (Wildman–Crippen LogP) is 2.63. The fourth-order valence-corrected chi connectivity index (χ4v) is 1.82. The quantitative estimate of drug-likeness (QED) is 0.675. The molecule has 0 bridgehead atoms. The molecule has 0 saturated carbocycles. The number of rotatable bonds is 7. The molecule has 0 aliphatic heterocycles. The fraction of sp³-hybridized carbons (Fsp3) is 0.375. The van der Waals surface area contributed by atoms with Gasteiger partial charge >= 0.3 is 12.0 Å². The van der Waals surface area contributed by atoms with E-state index in [1.165, 1.54) is 0 Å². The lowest BCUT2D eigenvalue weighted by molar-refractivity contribution is -0.136. The number of amides is 2. The predicted molar refractivity (Wildman–Crippen MR) is 82.1 cm³/mol. The molecule has 0 aromatic heterocycles. The van der Waals surface area contributed by atoms with Crippen LogP contribution in [0.5, 0.6) is 0 Å². The van der Waals surface area contributed by atoms with Gasteiger partial charge in [0.05, 0.1) is 6.04 Å². The molecule has 0 aliphatic rings. The van der Waals surface area contributed by atoms with Gasteiger partial charge in [-0.05, 0) is 30.5 Å². The van der Waals surface area contributed by atoms with Crippen LogP contribution in [-0.4, -0.2) is 23.1 Å². The Hall–Kier alpha value is -2.48. The highest BCUT2D eigenvalue weighted by Crippen LogP contribution is 2.11. The Kier molecular flexibility index (Phi) is 6.82. The molecule has 0 radical (unpaired) electrons. The highest BCUT2D eigenvalue weighted by Gasteiger charge is 2.08. The average Bonchev–Trinajstić information content (AvgIpc) is 2.46. The van der Waals surface area contributed by atoms with Crippen molar-refractivity contribution in [1.29, 1.82) is 0 Å². The second kappa shape index (κ2) is 8.64. The molecule has 5 heteroatoms. The van der Waals surface area contributed by atoms with Crippen LogP contribution in [0.3, 0.4) is 0 Å². The van der Waals surface area contributed by atoms with Gasteiger partial charge in [-0.1, -0.05) is 31.4 Å². The van der Waals surface area contributed by atoms with Gasteiger partial charge in [0.15, 0.2) is 0 Å². The number of hydrogen-bond acceptors (Lipinski definition) is 2. The zero-order valence-electron chi connectivity index (χ0n) is 12.1. The monoisotopic (exact) mass is 288 g/mol. The third kappa shape index (κ3) is 6.48. The molecular formula is C16H20N2O3. The highest BCUT2D eigenvalue weighted by molar-refractivity contribution is 5.89. The van der Waals surface area contributed by atoms with E-state index < -0.39 is 5.97 Å². The summed E-state index contributed by atoms with van der Waals surface area (Å²) in [6.07, 6.45) is 7.53. The standard InChI is InChI=1S/C16H20N2O3/c1-3-5-13(4-2)17-16(21)18-14-9-6-12(7-10-14)8-11-15(19)20/h2,6-7,9-10,13H,3,5,8,11H2,1H3,(H,19,20)(H2,17,18,21). The van der Waals surface area contributed by atoms with E-state index in [1.54, 1.807) is 24.3 Å². The molecule has 5 nitrogen and oxygen atoms in total. The van der Waals surface area contributed by atoms with Crippen molar-refractivity contribution in [2.24, 2.45) is 0 Å². The maximum Gasteiger partial charge on any atom is 0.320 e. The molecule has 1 atom stereocenters. The topological polar surface area (TPSA) is 78.4 Å². The summed E-state index contributed by atoms with van der Waals surface area (Å²) in [5.41, 5.74) is 1.55. The van der Waals surface area contributed by atoms with Crippen LogP contribution in [0.25, 0.3) is 0 Å². The van der Waals surface area contributed by atoms with Gasteiger partial charge < -0.3 is 15.7 Å². The number of urea groups is 1. The highest BCUT2D eigenvalue weighted by atomic mass is 16.4. The van der Waals surface area contributed by atoms with Gasteiger partial charge in [-0.2, -0.15) is 0 Å². The van der Waals surface area contributed by atoms with Crippen LogP contribution in [-0.2, 0) is 11.2 Å². The van der Waals surface area contributed by atoms with Crippen LogP contribution in [0.4, 0.5) is 10.5 Å². The second-order valence-electron chi connectivity index (χ2n) is 4.70. The third-order valence-corrected chi connectivity index (χ3v) is 2.92. The van der Waals surface area contributed by atoms with Gasteiger partial charge in [-0.15, -0.1) is 6.42 Å². The summed E-state index contributed by atoms with van der Waals surface area (Å²) in [6, 6.07) is 6.45. The molecule has 0 heterocycles. The normalized spacial score (nSPS) is 11.2. The number of carboxylic acids is 1. The number of nitrogens with one attached hydrogen (secondary N) is 2. The Morgan fingerprint density at radius 1 is 1.33 bits per heavy atom. The molecule has 0 aliphatic carbocycles. The van der Waals surface area contributed by atoms with Gasteiger partial charge in [0.25, 0.3) is 0 Å². The van der Waals surface area contributed by atoms with Crippen LogP contribution in [0.2, 0.25) is 0 Å². The van der Waals surface area contributed by atoms with E-state index in [-0.39, 0.29) is 18.5 Å². The Balaban J connectivity index is 2.49. The first kappa shape index (κ1) is 16.6. The van der Waals surface area contributed by atoms with Crippen molar-refractivity contribution < 1.29 is 14.7 Å². The van der Waals surface area contributed by atoms with E-state index in [2.05, 4.69) is 16.6 Å². The Morgan fingerprint density at radius 3 is 2.52 bits per heavy atom. The first-order valence-electron chi connectivity index (χ1n) is 6.89. The van der Waals surface area contributed by atoms with Gasteiger partial charge in [0.2, 0.25) is 0 Å². The molecule has 1 aromatic carbocycles. The average molecular weight is 288 g/mol. The summed E-state index contributed by atoms with van der Waals surface area (Å²) in [6.45, 7) is 2.00. The first-order valence-corrected chi connectivity index (χ1v) is 6.89. The molecule has 0 saturated heterocycles. The molecule has 2 amide bonds. The molecule has 1 unspecified atom stereocenters. The molecular weight excluding hydrogens is 268 g/mol. The summed E-state index contributed by atoms with van der Waals surface area (Å²) in [4.78, 5) is 22.2. The molecule has 21 heavy (non-hydrogen) atoms. The zero-order chi connectivity index (χ0) is 15.7. The summed E-state index contributed by atoms with van der Waals surface area (Å²) in [5, 5.41) is 14.0. The first-order chi connectivity index (χ1) is 10.0. The summed E-state index contributed by atoms with van der Waals surface area (Å²) in [5.74, 6) is 1.70. The number of carbonyl (C=O) groups is 2. The minimum atomic E-state index is -0.826. The van der Waals surface area contributed by atoms with Gasteiger partial charge in [0, 0.05) is 12.1 Å². The number of benzene rings is 1. The number of hydrogen-bond donors (Lipinski definition) is 3. The number of aliphatic carboxylic acids is 1. The van der Waals surface area contributed by atoms with E-state index in [4.69, 9.17) is 11.5 Å². The Labute approximate surface area is 124 Å². The van der Waals surface area contributed by atoms with Crippen LogP contribution in [0.1, 0.15) is 31.7 Å². The van der Waals surface area contributed by atoms with Crippen molar-refractivity contribution in [2.75, 3.05) is 5.32 Å². The molecule has 0 fully saturated rings. The number of carboxylic acid groups (broad SMARTS) is 1. The van der Waals surface area contributed by atoms with Gasteiger partial charge in [-0.25, -0.2) is 4.79 Å². The third-order valence-electron chi connectivity index (χ3n) is 2.92. The SMILES string of the molecule is C#CC(CCC)NC(=O)Nc1ccc(CCC(=O)O)cc1. The van der Waals surface area contributed by atoms with E-state index in [0.717, 1.165) is 18.4 Å². The minimum Gasteiger partial charge on any atom is -0.481 e. The van der Waals surface area contributed by atoms with Crippen molar-refractivity contribution in [2.45, 2.75) is 38.6 Å². The summed E-state index contributed by atoms with van der Waals surface area (Å²) >= 11 is 0. The number of aryl methyl sites for hydroxylation is 1. The number of terminal acetylenes is 1. The summed E-state index contributed by atoms with van der Waals surface area (Å²) < 4.78 is 0. The van der Waals surface area contributed by atoms with Crippen LogP contribution in [0.15, 0.2) is 24.3 Å². The van der Waals surface area contributed by atoms with E-state index in [1.807, 2.05) is 6.92 Å². The lowest BCUT2D eigenvalue weighted by Crippen LogP contribution is -2.36. The minimum absolute atomic E-state index is 0.0914. The smallest absolute Gasteiger partial charge is 0.320 e. The maximum absolute atomic E-state index is 11.8. The molecule has 0 spiro atoms. The molecule has 3 N–H and O–H groups in total.